The monoisotopic (exact) mass is 267 g/mol. The molecule has 0 N–H and O–H groups in total. The molecule has 0 bridgehead atoms. The molecule has 2 aromatic heterocycles. The molecule has 2 aromatic rings. The van der Waals surface area contributed by atoms with Gasteiger partial charge in [0.05, 0.1) is 18.6 Å². The van der Waals surface area contributed by atoms with Crippen LogP contribution in [0.4, 0.5) is 0 Å². The minimum Gasteiger partial charge on any atom is -0.493 e. The Balaban J connectivity index is 2.09. The Hall–Kier alpha value is -1.63. The number of fused-ring (bicyclic) bond motifs is 1. The smallest absolute Gasteiger partial charge is 0.203 e. The summed E-state index contributed by atoms with van der Waals surface area (Å²) in [6.07, 6.45) is 2.44. The van der Waals surface area contributed by atoms with Crippen molar-refractivity contribution in [3.8, 4) is 5.75 Å². The van der Waals surface area contributed by atoms with Crippen LogP contribution in [-0.4, -0.2) is 41.6 Å². The van der Waals surface area contributed by atoms with Crippen molar-refractivity contribution in [1.82, 2.24) is 14.6 Å². The number of rotatable bonds is 2. The van der Waals surface area contributed by atoms with Crippen LogP contribution in [0.1, 0.15) is 18.2 Å². The third-order valence-corrected chi connectivity index (χ3v) is 5.01. The molecule has 18 heavy (non-hydrogen) atoms. The fourth-order valence-electron chi connectivity index (χ4n) is 2.35. The van der Waals surface area contributed by atoms with Crippen LogP contribution in [0.25, 0.3) is 5.65 Å². The van der Waals surface area contributed by atoms with Crippen molar-refractivity contribution in [2.75, 3.05) is 18.6 Å². The molecule has 7 heteroatoms. The number of nitrogens with zero attached hydrogens (tertiary/aromatic N) is 3. The second kappa shape index (κ2) is 3.94. The van der Waals surface area contributed by atoms with E-state index in [2.05, 4.69) is 10.2 Å². The molecule has 1 unspecified atom stereocenters. The summed E-state index contributed by atoms with van der Waals surface area (Å²) >= 11 is 0. The van der Waals surface area contributed by atoms with Crippen LogP contribution >= 0.6 is 0 Å². The third kappa shape index (κ3) is 1.74. The van der Waals surface area contributed by atoms with Crippen LogP contribution in [0.15, 0.2) is 18.3 Å². The van der Waals surface area contributed by atoms with Crippen molar-refractivity contribution in [2.45, 2.75) is 12.3 Å². The Kier molecular flexibility index (Phi) is 2.51. The van der Waals surface area contributed by atoms with Crippen molar-refractivity contribution in [1.29, 1.82) is 0 Å². The van der Waals surface area contributed by atoms with Gasteiger partial charge in [-0.25, -0.2) is 8.42 Å². The highest BCUT2D eigenvalue weighted by Crippen LogP contribution is 2.29. The molecule has 1 saturated heterocycles. The van der Waals surface area contributed by atoms with E-state index < -0.39 is 9.84 Å². The second-order valence-corrected chi connectivity index (χ2v) is 6.66. The summed E-state index contributed by atoms with van der Waals surface area (Å²) in [5.74, 6) is 1.65. The highest BCUT2D eigenvalue weighted by molar-refractivity contribution is 7.91. The van der Waals surface area contributed by atoms with Gasteiger partial charge in [0.1, 0.15) is 5.82 Å². The number of sulfone groups is 1. The van der Waals surface area contributed by atoms with E-state index in [9.17, 15) is 8.42 Å². The van der Waals surface area contributed by atoms with Gasteiger partial charge in [0.15, 0.2) is 15.6 Å². The van der Waals surface area contributed by atoms with E-state index in [4.69, 9.17) is 4.74 Å². The first-order valence-electron chi connectivity index (χ1n) is 5.69. The largest absolute Gasteiger partial charge is 0.493 e. The van der Waals surface area contributed by atoms with Crippen LogP contribution in [-0.2, 0) is 9.84 Å². The molecule has 0 spiro atoms. The number of aromatic nitrogens is 3. The second-order valence-electron chi connectivity index (χ2n) is 4.43. The lowest BCUT2D eigenvalue weighted by Crippen LogP contribution is -2.07. The van der Waals surface area contributed by atoms with Crippen molar-refractivity contribution >= 4 is 15.5 Å². The van der Waals surface area contributed by atoms with Crippen LogP contribution in [0, 0.1) is 0 Å². The van der Waals surface area contributed by atoms with E-state index in [0.29, 0.717) is 23.6 Å². The molecule has 1 atom stereocenters. The number of hydrogen-bond acceptors (Lipinski definition) is 5. The topological polar surface area (TPSA) is 73.6 Å². The molecule has 6 nitrogen and oxygen atoms in total. The molecule has 3 rings (SSSR count). The molecule has 0 aliphatic carbocycles. The lowest BCUT2D eigenvalue weighted by molar-refractivity contribution is 0.416. The average molecular weight is 267 g/mol. The van der Waals surface area contributed by atoms with Crippen molar-refractivity contribution in [3.63, 3.8) is 0 Å². The molecule has 0 saturated carbocycles. The third-order valence-electron chi connectivity index (χ3n) is 3.24. The van der Waals surface area contributed by atoms with E-state index >= 15 is 0 Å². The van der Waals surface area contributed by atoms with Gasteiger partial charge in [0.2, 0.25) is 5.65 Å². The van der Waals surface area contributed by atoms with Crippen LogP contribution in [0.3, 0.4) is 0 Å². The Labute approximate surface area is 105 Å². The van der Waals surface area contributed by atoms with Gasteiger partial charge in [-0.1, -0.05) is 0 Å². The van der Waals surface area contributed by atoms with Gasteiger partial charge in [-0.3, -0.25) is 4.40 Å². The molecule has 0 aromatic carbocycles. The number of hydrogen-bond donors (Lipinski definition) is 0. The average Bonchev–Trinajstić information content (AvgIpc) is 2.91. The van der Waals surface area contributed by atoms with Gasteiger partial charge >= 0.3 is 0 Å². The molecule has 0 radical (unpaired) electrons. The zero-order valence-corrected chi connectivity index (χ0v) is 10.7. The molecular weight excluding hydrogens is 254 g/mol. The fraction of sp³-hybridized carbons (Fsp3) is 0.455. The Morgan fingerprint density at radius 3 is 2.94 bits per heavy atom. The fourth-order valence-corrected chi connectivity index (χ4v) is 4.08. The van der Waals surface area contributed by atoms with E-state index in [1.807, 2.05) is 16.7 Å². The van der Waals surface area contributed by atoms with E-state index in [0.717, 1.165) is 0 Å². The quantitative estimate of drug-likeness (QED) is 0.798. The van der Waals surface area contributed by atoms with Crippen LogP contribution < -0.4 is 4.74 Å². The molecule has 1 fully saturated rings. The van der Waals surface area contributed by atoms with Gasteiger partial charge < -0.3 is 4.74 Å². The summed E-state index contributed by atoms with van der Waals surface area (Å²) < 4.78 is 30.0. The maximum absolute atomic E-state index is 11.5. The zero-order chi connectivity index (χ0) is 12.8. The number of ether oxygens (including phenoxy) is 1. The lowest BCUT2D eigenvalue weighted by Gasteiger charge is -2.06. The number of pyridine rings is 1. The first-order valence-corrected chi connectivity index (χ1v) is 7.51. The van der Waals surface area contributed by atoms with Gasteiger partial charge in [0.25, 0.3) is 0 Å². The highest BCUT2D eigenvalue weighted by atomic mass is 32.2. The molecule has 1 aliphatic rings. The normalized spacial score (nSPS) is 22.4. The summed E-state index contributed by atoms with van der Waals surface area (Å²) in [7, 11) is -1.35. The Morgan fingerprint density at radius 2 is 2.28 bits per heavy atom. The van der Waals surface area contributed by atoms with Crippen LogP contribution in [0.2, 0.25) is 0 Å². The summed E-state index contributed by atoms with van der Waals surface area (Å²) in [4.78, 5) is 0. The predicted octanol–water partition coefficient (Wildman–Crippen LogP) is 0.640. The summed E-state index contributed by atoms with van der Waals surface area (Å²) in [5, 5.41) is 8.19. The Morgan fingerprint density at radius 1 is 1.44 bits per heavy atom. The minimum atomic E-state index is -2.92. The van der Waals surface area contributed by atoms with E-state index in [1.165, 1.54) is 0 Å². The predicted molar refractivity (Wildman–Crippen MR) is 65.6 cm³/mol. The summed E-state index contributed by atoms with van der Waals surface area (Å²) in [6.45, 7) is 0. The van der Waals surface area contributed by atoms with Gasteiger partial charge in [-0.05, 0) is 18.6 Å². The molecule has 1 aliphatic heterocycles. The molecule has 0 amide bonds. The first-order chi connectivity index (χ1) is 8.61. The Bertz CT molecular complexity index is 693. The maximum atomic E-state index is 11.5. The van der Waals surface area contributed by atoms with Gasteiger partial charge in [0, 0.05) is 12.1 Å². The zero-order valence-electron chi connectivity index (χ0n) is 9.91. The number of methoxy groups -OCH3 is 1. The SMILES string of the molecule is COc1cccn2c(C3CCS(=O)(=O)C3)nnc12. The standard InChI is InChI=1S/C11H13N3O3S/c1-17-9-3-2-5-14-10(12-13-11(9)14)8-4-6-18(15,16)7-8/h2-3,5,8H,4,6-7H2,1H3. The maximum Gasteiger partial charge on any atom is 0.203 e. The summed E-state index contributed by atoms with van der Waals surface area (Å²) in [5.41, 5.74) is 0.624. The minimum absolute atomic E-state index is 0.0721. The van der Waals surface area contributed by atoms with Crippen LogP contribution in [0.5, 0.6) is 5.75 Å². The molecular formula is C11H13N3O3S. The molecule has 3 heterocycles. The van der Waals surface area contributed by atoms with Crippen molar-refractivity contribution < 1.29 is 13.2 Å². The van der Waals surface area contributed by atoms with Gasteiger partial charge in [-0.2, -0.15) is 0 Å². The van der Waals surface area contributed by atoms with E-state index in [1.54, 1.807) is 13.2 Å². The lowest BCUT2D eigenvalue weighted by atomic mass is 10.1. The van der Waals surface area contributed by atoms with E-state index in [-0.39, 0.29) is 17.4 Å². The van der Waals surface area contributed by atoms with Crippen molar-refractivity contribution in [2.24, 2.45) is 0 Å². The molecule has 96 valence electrons. The summed E-state index contributed by atoms with van der Waals surface area (Å²) in [6, 6.07) is 3.64. The first kappa shape index (κ1) is 11.5. The highest BCUT2D eigenvalue weighted by Gasteiger charge is 2.32. The van der Waals surface area contributed by atoms with Gasteiger partial charge in [-0.15, -0.1) is 10.2 Å². The van der Waals surface area contributed by atoms with Crippen molar-refractivity contribution in [3.05, 3.63) is 24.2 Å².